The van der Waals surface area contributed by atoms with Gasteiger partial charge >= 0.3 is 0 Å². The minimum absolute atomic E-state index is 0.0126. The van der Waals surface area contributed by atoms with Gasteiger partial charge in [-0.25, -0.2) is 0 Å². The van der Waals surface area contributed by atoms with Crippen molar-refractivity contribution in [2.24, 2.45) is 16.5 Å². The Morgan fingerprint density at radius 3 is 2.15 bits per heavy atom. The van der Waals surface area contributed by atoms with Crippen molar-refractivity contribution in [1.29, 1.82) is 5.41 Å². The maximum absolute atomic E-state index is 12.2. The van der Waals surface area contributed by atoms with Crippen molar-refractivity contribution in [3.8, 4) is 0 Å². The molecule has 1 aromatic carbocycles. The first kappa shape index (κ1) is 13.9. The number of nitrogens with one attached hydrogen (secondary N) is 1. The Hall–Kier alpha value is -2.57. The lowest BCUT2D eigenvalue weighted by atomic mass is 10.2. The summed E-state index contributed by atoms with van der Waals surface area (Å²) in [6, 6.07) is 9.17. The lowest BCUT2D eigenvalue weighted by Gasteiger charge is -2.34. The van der Waals surface area contributed by atoms with Crippen molar-refractivity contribution in [2.45, 2.75) is 0 Å². The van der Waals surface area contributed by atoms with Gasteiger partial charge in [-0.3, -0.25) is 10.2 Å². The van der Waals surface area contributed by atoms with Crippen molar-refractivity contribution >= 4 is 17.8 Å². The molecule has 0 bridgehead atoms. The quantitative estimate of drug-likeness (QED) is 0.480. The van der Waals surface area contributed by atoms with Crippen LogP contribution in [0.25, 0.3) is 0 Å². The molecule has 7 heteroatoms. The lowest BCUT2D eigenvalue weighted by Crippen LogP contribution is -2.50. The highest BCUT2D eigenvalue weighted by atomic mass is 16.2. The van der Waals surface area contributed by atoms with E-state index in [1.165, 1.54) is 0 Å². The van der Waals surface area contributed by atoms with Crippen molar-refractivity contribution in [3.05, 3.63) is 35.9 Å². The average molecular weight is 274 g/mol. The predicted molar refractivity (Wildman–Crippen MR) is 77.5 cm³/mol. The van der Waals surface area contributed by atoms with Crippen LogP contribution in [-0.2, 0) is 0 Å². The van der Waals surface area contributed by atoms with Gasteiger partial charge in [0.15, 0.2) is 5.96 Å². The summed E-state index contributed by atoms with van der Waals surface area (Å²) in [6.07, 6.45) is 0. The van der Waals surface area contributed by atoms with E-state index in [0.29, 0.717) is 31.7 Å². The topological polar surface area (TPSA) is 112 Å². The second-order valence-corrected chi connectivity index (χ2v) is 4.51. The van der Waals surface area contributed by atoms with Gasteiger partial charge < -0.3 is 21.3 Å². The van der Waals surface area contributed by atoms with E-state index in [9.17, 15) is 4.79 Å². The SMILES string of the molecule is N=C(N=C(N)N)N1CCN(C(=O)c2ccccc2)CC1. The molecule has 1 fully saturated rings. The maximum Gasteiger partial charge on any atom is 0.253 e. The molecule has 0 spiro atoms. The minimum Gasteiger partial charge on any atom is -0.370 e. The summed E-state index contributed by atoms with van der Waals surface area (Å²) in [5.74, 6) is -0.0757. The zero-order valence-corrected chi connectivity index (χ0v) is 11.1. The summed E-state index contributed by atoms with van der Waals surface area (Å²) in [4.78, 5) is 19.5. The highest BCUT2D eigenvalue weighted by molar-refractivity contribution is 5.94. The fourth-order valence-corrected chi connectivity index (χ4v) is 2.08. The molecule has 0 aliphatic carbocycles. The third-order valence-electron chi connectivity index (χ3n) is 3.12. The molecule has 1 aliphatic rings. The number of nitrogens with zero attached hydrogens (tertiary/aromatic N) is 3. The number of benzene rings is 1. The van der Waals surface area contributed by atoms with Gasteiger partial charge in [0.25, 0.3) is 5.91 Å². The van der Waals surface area contributed by atoms with Crippen LogP contribution >= 0.6 is 0 Å². The summed E-state index contributed by atoms with van der Waals surface area (Å²) in [7, 11) is 0. The molecule has 1 amide bonds. The van der Waals surface area contributed by atoms with Crippen LogP contribution in [0.1, 0.15) is 10.4 Å². The Bertz CT molecular complexity index is 515. The number of nitrogens with two attached hydrogens (primary N) is 2. The molecule has 20 heavy (non-hydrogen) atoms. The normalized spacial score (nSPS) is 14.8. The third-order valence-corrected chi connectivity index (χ3v) is 3.12. The Balaban J connectivity index is 1.93. The fourth-order valence-electron chi connectivity index (χ4n) is 2.08. The fraction of sp³-hybridized carbons (Fsp3) is 0.308. The van der Waals surface area contributed by atoms with Gasteiger partial charge in [-0.2, -0.15) is 4.99 Å². The Morgan fingerprint density at radius 1 is 1.05 bits per heavy atom. The Morgan fingerprint density at radius 2 is 1.60 bits per heavy atom. The first-order chi connectivity index (χ1) is 9.58. The van der Waals surface area contributed by atoms with Crippen LogP contribution in [0.15, 0.2) is 35.3 Å². The second-order valence-electron chi connectivity index (χ2n) is 4.51. The molecule has 106 valence electrons. The largest absolute Gasteiger partial charge is 0.370 e. The van der Waals surface area contributed by atoms with E-state index in [2.05, 4.69) is 4.99 Å². The number of hydrogen-bond donors (Lipinski definition) is 3. The highest BCUT2D eigenvalue weighted by Gasteiger charge is 2.23. The van der Waals surface area contributed by atoms with Gasteiger partial charge in [-0.05, 0) is 12.1 Å². The van der Waals surface area contributed by atoms with E-state index in [4.69, 9.17) is 16.9 Å². The smallest absolute Gasteiger partial charge is 0.253 e. The second kappa shape index (κ2) is 6.05. The molecule has 1 saturated heterocycles. The molecule has 7 nitrogen and oxygen atoms in total. The van der Waals surface area contributed by atoms with Crippen LogP contribution in [0.3, 0.4) is 0 Å². The van der Waals surface area contributed by atoms with Gasteiger partial charge in [0, 0.05) is 31.7 Å². The molecule has 0 radical (unpaired) electrons. The van der Waals surface area contributed by atoms with E-state index in [-0.39, 0.29) is 17.8 Å². The Kier molecular flexibility index (Phi) is 4.19. The number of carbonyl (C=O) groups is 1. The number of amides is 1. The summed E-state index contributed by atoms with van der Waals surface area (Å²) >= 11 is 0. The van der Waals surface area contributed by atoms with Crippen LogP contribution in [0.2, 0.25) is 0 Å². The minimum atomic E-state index is -0.127. The van der Waals surface area contributed by atoms with Gasteiger partial charge in [0.05, 0.1) is 0 Å². The van der Waals surface area contributed by atoms with E-state index >= 15 is 0 Å². The number of hydrogen-bond acceptors (Lipinski definition) is 2. The molecule has 5 N–H and O–H groups in total. The van der Waals surface area contributed by atoms with Crippen LogP contribution in [0, 0.1) is 5.41 Å². The zero-order chi connectivity index (χ0) is 14.5. The van der Waals surface area contributed by atoms with Crippen LogP contribution < -0.4 is 11.5 Å². The molecule has 2 rings (SSSR count). The Labute approximate surface area is 117 Å². The molecule has 1 aliphatic heterocycles. The first-order valence-corrected chi connectivity index (χ1v) is 6.35. The molecule has 0 saturated carbocycles. The van der Waals surface area contributed by atoms with Crippen LogP contribution in [0.4, 0.5) is 0 Å². The molecular weight excluding hydrogens is 256 g/mol. The summed E-state index contributed by atoms with van der Waals surface area (Å²) in [6.45, 7) is 2.20. The van der Waals surface area contributed by atoms with E-state index in [1.807, 2.05) is 18.2 Å². The van der Waals surface area contributed by atoms with Gasteiger partial charge in [0.2, 0.25) is 5.96 Å². The maximum atomic E-state index is 12.2. The lowest BCUT2D eigenvalue weighted by molar-refractivity contribution is 0.0690. The van der Waals surface area contributed by atoms with Crippen LogP contribution in [0.5, 0.6) is 0 Å². The number of guanidine groups is 2. The molecular formula is C13H18N6O. The number of piperazine rings is 1. The van der Waals surface area contributed by atoms with Crippen molar-refractivity contribution in [2.75, 3.05) is 26.2 Å². The monoisotopic (exact) mass is 274 g/mol. The highest BCUT2D eigenvalue weighted by Crippen LogP contribution is 2.09. The zero-order valence-electron chi connectivity index (χ0n) is 11.1. The number of carbonyl (C=O) groups excluding carboxylic acids is 1. The summed E-state index contributed by atoms with van der Waals surface area (Å²) < 4.78 is 0. The molecule has 1 heterocycles. The predicted octanol–water partition coefficient (Wildman–Crippen LogP) is -0.347. The molecule has 0 atom stereocenters. The van der Waals surface area contributed by atoms with Gasteiger partial charge in [-0.15, -0.1) is 0 Å². The third kappa shape index (κ3) is 3.25. The van der Waals surface area contributed by atoms with Crippen molar-refractivity contribution in [3.63, 3.8) is 0 Å². The van der Waals surface area contributed by atoms with E-state index in [1.54, 1.807) is 21.9 Å². The van der Waals surface area contributed by atoms with E-state index in [0.717, 1.165) is 0 Å². The van der Waals surface area contributed by atoms with Gasteiger partial charge in [-0.1, -0.05) is 18.2 Å². The molecule has 0 unspecified atom stereocenters. The van der Waals surface area contributed by atoms with Gasteiger partial charge in [0.1, 0.15) is 0 Å². The molecule has 0 aromatic heterocycles. The van der Waals surface area contributed by atoms with Crippen LogP contribution in [-0.4, -0.2) is 53.8 Å². The summed E-state index contributed by atoms with van der Waals surface area (Å²) in [5.41, 5.74) is 11.2. The van der Waals surface area contributed by atoms with Crippen molar-refractivity contribution in [1.82, 2.24) is 9.80 Å². The average Bonchev–Trinajstić information content (AvgIpc) is 2.47. The van der Waals surface area contributed by atoms with Crippen molar-refractivity contribution < 1.29 is 4.79 Å². The number of aliphatic imine (C=N–C) groups is 1. The standard InChI is InChI=1S/C13H18N6O/c14-12(15)17-13(16)19-8-6-18(7-9-19)11(20)10-4-2-1-3-5-10/h1-5H,6-9H2,(H5,14,15,16,17). The number of rotatable bonds is 1. The molecule has 1 aromatic rings. The summed E-state index contributed by atoms with van der Waals surface area (Å²) in [5, 5.41) is 7.73. The first-order valence-electron chi connectivity index (χ1n) is 6.35. The van der Waals surface area contributed by atoms with E-state index < -0.39 is 0 Å².